The molecule has 0 bridgehead atoms. The zero-order valence-electron chi connectivity index (χ0n) is 11.3. The minimum Gasteiger partial charge on any atom is -0.369 e. The van der Waals surface area contributed by atoms with E-state index in [2.05, 4.69) is 33.0 Å². The highest BCUT2D eigenvalue weighted by molar-refractivity contribution is 4.95. The van der Waals surface area contributed by atoms with E-state index < -0.39 is 0 Å². The zero-order chi connectivity index (χ0) is 11.8. The molecule has 2 fully saturated rings. The topological polar surface area (TPSA) is 21.3 Å². The van der Waals surface area contributed by atoms with Gasteiger partial charge in [-0.05, 0) is 78.3 Å². The molecule has 2 heterocycles. The third kappa shape index (κ3) is 2.78. The average Bonchev–Trinajstić information content (AvgIpc) is 2.36. The van der Waals surface area contributed by atoms with Gasteiger partial charge in [-0.15, -0.1) is 0 Å². The molecule has 0 saturated carbocycles. The fraction of sp³-hybridized carbons (Fsp3) is 1.00. The fourth-order valence-corrected chi connectivity index (χ4v) is 3.57. The van der Waals surface area contributed by atoms with Gasteiger partial charge >= 0.3 is 0 Å². The van der Waals surface area contributed by atoms with Crippen molar-refractivity contribution in [2.24, 2.45) is 11.8 Å². The Morgan fingerprint density at radius 3 is 2.50 bits per heavy atom. The van der Waals surface area contributed by atoms with E-state index >= 15 is 0 Å². The first-order chi connectivity index (χ1) is 7.39. The lowest BCUT2D eigenvalue weighted by atomic mass is 9.79. The summed E-state index contributed by atoms with van der Waals surface area (Å²) in [6.07, 6.45) is 5.31. The summed E-state index contributed by atoms with van der Waals surface area (Å²) < 4.78 is 6.17. The van der Waals surface area contributed by atoms with Crippen LogP contribution in [0.2, 0.25) is 0 Å². The molecule has 0 amide bonds. The highest BCUT2D eigenvalue weighted by Crippen LogP contribution is 2.45. The lowest BCUT2D eigenvalue weighted by Crippen LogP contribution is -2.35. The van der Waals surface area contributed by atoms with E-state index in [0.717, 1.165) is 11.8 Å². The van der Waals surface area contributed by atoms with Crippen LogP contribution < -0.4 is 5.32 Å². The van der Waals surface area contributed by atoms with Crippen LogP contribution in [0.3, 0.4) is 0 Å². The minimum atomic E-state index is 0.0704. The van der Waals surface area contributed by atoms with E-state index in [-0.39, 0.29) is 11.2 Å². The van der Waals surface area contributed by atoms with E-state index in [1.54, 1.807) is 0 Å². The van der Waals surface area contributed by atoms with Gasteiger partial charge in [-0.2, -0.15) is 0 Å². The first-order valence-corrected chi connectivity index (χ1v) is 6.80. The van der Waals surface area contributed by atoms with Gasteiger partial charge in [0.1, 0.15) is 0 Å². The van der Waals surface area contributed by atoms with Gasteiger partial charge in [0.15, 0.2) is 0 Å². The third-order valence-electron chi connectivity index (χ3n) is 4.28. The van der Waals surface area contributed by atoms with Gasteiger partial charge in [0.2, 0.25) is 0 Å². The molecule has 1 N–H and O–H groups in total. The molecule has 0 spiro atoms. The van der Waals surface area contributed by atoms with Crippen LogP contribution in [0.15, 0.2) is 0 Å². The average molecular weight is 225 g/mol. The summed E-state index contributed by atoms with van der Waals surface area (Å²) in [6, 6.07) is 0. The van der Waals surface area contributed by atoms with Crippen molar-refractivity contribution in [3.8, 4) is 0 Å². The standard InChI is InChI=1S/C14H27NO/c1-13(2)9-12(14(3,4)16-13)8-11-6-5-7-15-10-11/h11-12,15H,5-10H2,1-4H3. The van der Waals surface area contributed by atoms with Gasteiger partial charge in [0.25, 0.3) is 0 Å². The third-order valence-corrected chi connectivity index (χ3v) is 4.28. The summed E-state index contributed by atoms with van der Waals surface area (Å²) in [4.78, 5) is 0. The zero-order valence-corrected chi connectivity index (χ0v) is 11.3. The summed E-state index contributed by atoms with van der Waals surface area (Å²) in [5, 5.41) is 3.52. The van der Waals surface area contributed by atoms with Gasteiger partial charge in [-0.25, -0.2) is 0 Å². The van der Waals surface area contributed by atoms with Crippen molar-refractivity contribution in [2.45, 2.75) is 64.6 Å². The highest BCUT2D eigenvalue weighted by atomic mass is 16.5. The summed E-state index contributed by atoms with van der Waals surface area (Å²) in [5.74, 6) is 1.60. The molecule has 0 aromatic carbocycles. The van der Waals surface area contributed by atoms with Crippen molar-refractivity contribution in [3.63, 3.8) is 0 Å². The highest BCUT2D eigenvalue weighted by Gasteiger charge is 2.46. The maximum Gasteiger partial charge on any atom is 0.0662 e. The summed E-state index contributed by atoms with van der Waals surface area (Å²) in [6.45, 7) is 11.4. The Bertz CT molecular complexity index is 241. The van der Waals surface area contributed by atoms with Gasteiger partial charge in [-0.3, -0.25) is 0 Å². The van der Waals surface area contributed by atoms with Crippen LogP contribution in [0.25, 0.3) is 0 Å². The Hall–Kier alpha value is -0.0800. The maximum absolute atomic E-state index is 6.17. The van der Waals surface area contributed by atoms with Crippen molar-refractivity contribution in [1.82, 2.24) is 5.32 Å². The Balaban J connectivity index is 1.93. The van der Waals surface area contributed by atoms with Crippen LogP contribution in [-0.4, -0.2) is 24.3 Å². The largest absolute Gasteiger partial charge is 0.369 e. The molecule has 2 saturated heterocycles. The summed E-state index contributed by atoms with van der Waals surface area (Å²) >= 11 is 0. The second kappa shape index (κ2) is 4.30. The monoisotopic (exact) mass is 225 g/mol. The van der Waals surface area contributed by atoms with E-state index in [4.69, 9.17) is 4.74 Å². The molecule has 0 aromatic heterocycles. The fourth-order valence-electron chi connectivity index (χ4n) is 3.57. The van der Waals surface area contributed by atoms with Gasteiger partial charge in [0, 0.05) is 0 Å². The van der Waals surface area contributed by atoms with Crippen molar-refractivity contribution in [1.29, 1.82) is 0 Å². The lowest BCUT2D eigenvalue weighted by molar-refractivity contribution is -0.0765. The molecule has 2 unspecified atom stereocenters. The Kier molecular flexibility index (Phi) is 3.33. The molecule has 2 heteroatoms. The van der Waals surface area contributed by atoms with E-state index in [1.807, 2.05) is 0 Å². The predicted molar refractivity (Wildman–Crippen MR) is 67.6 cm³/mol. The predicted octanol–water partition coefficient (Wildman–Crippen LogP) is 2.97. The van der Waals surface area contributed by atoms with Crippen molar-refractivity contribution >= 4 is 0 Å². The lowest BCUT2D eigenvalue weighted by Gasteiger charge is -2.31. The minimum absolute atomic E-state index is 0.0704. The molecule has 0 aliphatic carbocycles. The van der Waals surface area contributed by atoms with Crippen LogP contribution >= 0.6 is 0 Å². The van der Waals surface area contributed by atoms with Crippen LogP contribution in [0.5, 0.6) is 0 Å². The number of hydrogen-bond acceptors (Lipinski definition) is 2. The van der Waals surface area contributed by atoms with Gasteiger partial charge in [0.05, 0.1) is 11.2 Å². The summed E-state index contributed by atoms with van der Waals surface area (Å²) in [5.41, 5.74) is 0.150. The maximum atomic E-state index is 6.17. The second-order valence-corrected chi connectivity index (χ2v) is 6.81. The SMILES string of the molecule is CC1(C)CC(CC2CCCNC2)C(C)(C)O1. The van der Waals surface area contributed by atoms with Crippen LogP contribution in [0.4, 0.5) is 0 Å². The first-order valence-electron chi connectivity index (χ1n) is 6.80. The molecular weight excluding hydrogens is 198 g/mol. The Labute approximate surface area is 100 Å². The van der Waals surface area contributed by atoms with Crippen molar-refractivity contribution in [3.05, 3.63) is 0 Å². The Morgan fingerprint density at radius 1 is 1.25 bits per heavy atom. The molecule has 0 radical (unpaired) electrons. The van der Waals surface area contributed by atoms with E-state index in [0.29, 0.717) is 0 Å². The van der Waals surface area contributed by atoms with Crippen molar-refractivity contribution in [2.75, 3.05) is 13.1 Å². The molecule has 0 aromatic rings. The Morgan fingerprint density at radius 2 is 2.00 bits per heavy atom. The molecule has 2 aliphatic rings. The number of nitrogens with one attached hydrogen (secondary N) is 1. The van der Waals surface area contributed by atoms with Gasteiger partial charge < -0.3 is 10.1 Å². The number of rotatable bonds is 2. The van der Waals surface area contributed by atoms with E-state index in [1.165, 1.54) is 38.8 Å². The smallest absolute Gasteiger partial charge is 0.0662 e. The molecule has 2 nitrogen and oxygen atoms in total. The normalized spacial score (nSPS) is 37.5. The summed E-state index contributed by atoms with van der Waals surface area (Å²) in [7, 11) is 0. The molecule has 2 atom stereocenters. The van der Waals surface area contributed by atoms with Crippen LogP contribution in [0.1, 0.15) is 53.4 Å². The molecule has 94 valence electrons. The second-order valence-electron chi connectivity index (χ2n) is 6.81. The number of piperidine rings is 1. The number of ether oxygens (including phenoxy) is 1. The molecule has 2 rings (SSSR count). The first kappa shape index (κ1) is 12.4. The molecular formula is C14H27NO. The molecule has 2 aliphatic heterocycles. The molecule has 16 heavy (non-hydrogen) atoms. The van der Waals surface area contributed by atoms with Crippen LogP contribution in [-0.2, 0) is 4.74 Å². The quantitative estimate of drug-likeness (QED) is 0.780. The van der Waals surface area contributed by atoms with Crippen LogP contribution in [0, 0.1) is 11.8 Å². The van der Waals surface area contributed by atoms with Gasteiger partial charge in [-0.1, -0.05) is 0 Å². The van der Waals surface area contributed by atoms with Crippen molar-refractivity contribution < 1.29 is 4.74 Å². The number of hydrogen-bond donors (Lipinski definition) is 1. The van der Waals surface area contributed by atoms with E-state index in [9.17, 15) is 0 Å².